The van der Waals surface area contributed by atoms with E-state index in [2.05, 4.69) is 15.0 Å². The number of aromatic nitrogens is 1. The Hall–Kier alpha value is -2.40. The summed E-state index contributed by atoms with van der Waals surface area (Å²) in [6.07, 6.45) is 2.84. The van der Waals surface area contributed by atoms with Crippen molar-refractivity contribution in [2.45, 2.75) is 24.3 Å². The molecule has 31 heavy (non-hydrogen) atoms. The van der Waals surface area contributed by atoms with E-state index in [9.17, 15) is 21.9 Å². The van der Waals surface area contributed by atoms with Gasteiger partial charge in [-0.05, 0) is 49.2 Å². The standard InChI is InChI=1S/C21H27N3O5S2/c1-3-31(28,29)24-17-7-4-6-15(12-17)19(25)14-22-11-10-16-13-23-21-18(16)8-5-9-20(21)30(2,26)27/h4-9,12-13,19,22-25H,3,10-11,14H2,1-2H3/t19-/m0/s1. The minimum atomic E-state index is -3.38. The van der Waals surface area contributed by atoms with Crippen molar-refractivity contribution >= 4 is 36.5 Å². The molecule has 0 aliphatic carbocycles. The summed E-state index contributed by atoms with van der Waals surface area (Å²) in [7, 11) is -6.70. The number of aliphatic hydroxyl groups excluding tert-OH is 1. The minimum Gasteiger partial charge on any atom is -0.387 e. The number of hydrogen-bond acceptors (Lipinski definition) is 6. The van der Waals surface area contributed by atoms with Crippen LogP contribution in [-0.4, -0.2) is 52.0 Å². The zero-order chi connectivity index (χ0) is 22.6. The average Bonchev–Trinajstić information content (AvgIpc) is 3.13. The Balaban J connectivity index is 1.59. The first-order valence-corrected chi connectivity index (χ1v) is 13.4. The van der Waals surface area contributed by atoms with Crippen LogP contribution in [0.2, 0.25) is 0 Å². The van der Waals surface area contributed by atoms with Crippen LogP contribution in [0.4, 0.5) is 5.69 Å². The molecule has 0 fully saturated rings. The summed E-state index contributed by atoms with van der Waals surface area (Å²) in [6.45, 7) is 2.43. The normalized spacial score (nSPS) is 13.4. The van der Waals surface area contributed by atoms with Crippen LogP contribution in [0.3, 0.4) is 0 Å². The molecular formula is C21H27N3O5S2. The van der Waals surface area contributed by atoms with E-state index in [4.69, 9.17) is 0 Å². The average molecular weight is 466 g/mol. The summed E-state index contributed by atoms with van der Waals surface area (Å²) in [5.41, 5.74) is 2.61. The van der Waals surface area contributed by atoms with E-state index in [1.54, 1.807) is 49.5 Å². The molecule has 1 atom stereocenters. The van der Waals surface area contributed by atoms with Gasteiger partial charge >= 0.3 is 0 Å². The molecule has 0 unspecified atom stereocenters. The van der Waals surface area contributed by atoms with E-state index >= 15 is 0 Å². The van der Waals surface area contributed by atoms with Crippen LogP contribution >= 0.6 is 0 Å². The van der Waals surface area contributed by atoms with E-state index in [0.717, 1.165) is 10.9 Å². The van der Waals surface area contributed by atoms with Crippen molar-refractivity contribution in [1.82, 2.24) is 10.3 Å². The van der Waals surface area contributed by atoms with Crippen LogP contribution in [-0.2, 0) is 26.3 Å². The van der Waals surface area contributed by atoms with Gasteiger partial charge in [0.25, 0.3) is 0 Å². The summed E-state index contributed by atoms with van der Waals surface area (Å²) in [4.78, 5) is 3.33. The third-order valence-electron chi connectivity index (χ3n) is 5.00. The lowest BCUT2D eigenvalue weighted by atomic mass is 10.1. The number of aliphatic hydroxyl groups is 1. The molecule has 8 nitrogen and oxygen atoms in total. The molecule has 3 rings (SSSR count). The fourth-order valence-electron chi connectivity index (χ4n) is 3.34. The van der Waals surface area contributed by atoms with Crippen LogP contribution in [0, 0.1) is 0 Å². The Morgan fingerprint density at radius 2 is 1.84 bits per heavy atom. The first-order valence-electron chi connectivity index (χ1n) is 9.89. The molecule has 10 heteroatoms. The Kier molecular flexibility index (Phi) is 7.05. The highest BCUT2D eigenvalue weighted by molar-refractivity contribution is 7.92. The van der Waals surface area contributed by atoms with Gasteiger partial charge in [0.05, 0.1) is 22.3 Å². The monoisotopic (exact) mass is 465 g/mol. The number of hydrogen-bond donors (Lipinski definition) is 4. The summed E-state index contributed by atoms with van der Waals surface area (Å²) >= 11 is 0. The molecule has 1 heterocycles. The predicted octanol–water partition coefficient (Wildman–Crippen LogP) is 2.20. The van der Waals surface area contributed by atoms with Crippen molar-refractivity contribution < 1.29 is 21.9 Å². The molecular weight excluding hydrogens is 438 g/mol. The van der Waals surface area contributed by atoms with E-state index in [1.165, 1.54) is 6.26 Å². The summed E-state index contributed by atoms with van der Waals surface area (Å²) < 4.78 is 49.8. The third-order valence-corrected chi connectivity index (χ3v) is 7.44. The third kappa shape index (κ3) is 5.85. The first kappa shape index (κ1) is 23.3. The zero-order valence-electron chi connectivity index (χ0n) is 17.4. The van der Waals surface area contributed by atoms with E-state index < -0.39 is 26.0 Å². The number of para-hydroxylation sites is 1. The molecule has 0 aliphatic heterocycles. The number of aromatic amines is 1. The number of nitrogens with one attached hydrogen (secondary N) is 3. The molecule has 1 aromatic heterocycles. The van der Waals surface area contributed by atoms with Crippen molar-refractivity contribution in [3.8, 4) is 0 Å². The van der Waals surface area contributed by atoms with E-state index in [0.29, 0.717) is 36.3 Å². The maximum Gasteiger partial charge on any atom is 0.232 e. The Labute approximate surface area is 182 Å². The van der Waals surface area contributed by atoms with Crippen LogP contribution in [0.5, 0.6) is 0 Å². The quantitative estimate of drug-likeness (QED) is 0.340. The fourth-order valence-corrected chi connectivity index (χ4v) is 4.84. The van der Waals surface area contributed by atoms with Crippen LogP contribution in [0.25, 0.3) is 10.9 Å². The van der Waals surface area contributed by atoms with Gasteiger partial charge in [-0.3, -0.25) is 4.72 Å². The van der Waals surface area contributed by atoms with Gasteiger partial charge in [-0.2, -0.15) is 0 Å². The minimum absolute atomic E-state index is 0.0269. The van der Waals surface area contributed by atoms with Gasteiger partial charge < -0.3 is 15.4 Å². The second-order valence-electron chi connectivity index (χ2n) is 7.37. The molecule has 0 saturated heterocycles. The largest absolute Gasteiger partial charge is 0.387 e. The molecule has 0 radical (unpaired) electrons. The number of anilines is 1. The Bertz CT molecular complexity index is 1270. The van der Waals surface area contributed by atoms with Crippen molar-refractivity contribution in [3.63, 3.8) is 0 Å². The van der Waals surface area contributed by atoms with E-state index in [1.807, 2.05) is 6.07 Å². The zero-order valence-corrected chi connectivity index (χ0v) is 19.1. The predicted molar refractivity (Wildman–Crippen MR) is 122 cm³/mol. The van der Waals surface area contributed by atoms with Gasteiger partial charge in [0.2, 0.25) is 10.0 Å². The van der Waals surface area contributed by atoms with Crippen LogP contribution in [0.1, 0.15) is 24.2 Å². The van der Waals surface area contributed by atoms with Crippen molar-refractivity contribution in [1.29, 1.82) is 0 Å². The summed E-state index contributed by atoms with van der Waals surface area (Å²) in [5.74, 6) is -0.0269. The molecule has 0 bridgehead atoms. The Morgan fingerprint density at radius 3 is 2.55 bits per heavy atom. The maximum atomic E-state index is 11.9. The van der Waals surface area contributed by atoms with Gasteiger partial charge in [0.1, 0.15) is 0 Å². The molecule has 168 valence electrons. The topological polar surface area (TPSA) is 128 Å². The molecule has 3 aromatic rings. The number of rotatable bonds is 10. The van der Waals surface area contributed by atoms with Gasteiger partial charge in [-0.1, -0.05) is 24.3 Å². The van der Waals surface area contributed by atoms with Gasteiger partial charge in [0, 0.05) is 30.1 Å². The van der Waals surface area contributed by atoms with Gasteiger partial charge in [-0.15, -0.1) is 0 Å². The number of benzene rings is 2. The van der Waals surface area contributed by atoms with Crippen molar-refractivity contribution in [2.24, 2.45) is 0 Å². The molecule has 0 aliphatic rings. The summed E-state index contributed by atoms with van der Waals surface area (Å²) in [5, 5.41) is 14.5. The highest BCUT2D eigenvalue weighted by atomic mass is 32.2. The second-order valence-corrected chi connectivity index (χ2v) is 11.4. The molecule has 0 saturated carbocycles. The second kappa shape index (κ2) is 9.39. The number of sulfonamides is 1. The number of sulfone groups is 1. The van der Waals surface area contributed by atoms with Crippen LogP contribution in [0.15, 0.2) is 53.6 Å². The van der Waals surface area contributed by atoms with Gasteiger partial charge in [-0.25, -0.2) is 16.8 Å². The lowest BCUT2D eigenvalue weighted by Crippen LogP contribution is -2.24. The highest BCUT2D eigenvalue weighted by Gasteiger charge is 2.15. The maximum absolute atomic E-state index is 11.9. The molecule has 4 N–H and O–H groups in total. The lowest BCUT2D eigenvalue weighted by Gasteiger charge is -2.14. The first-order chi connectivity index (χ1) is 14.6. The molecule has 2 aromatic carbocycles. The van der Waals surface area contributed by atoms with Crippen LogP contribution < -0.4 is 10.0 Å². The highest BCUT2D eigenvalue weighted by Crippen LogP contribution is 2.25. The lowest BCUT2D eigenvalue weighted by molar-refractivity contribution is 0.175. The van der Waals surface area contributed by atoms with Crippen molar-refractivity contribution in [3.05, 3.63) is 59.8 Å². The molecule has 0 amide bonds. The molecule has 0 spiro atoms. The fraction of sp³-hybridized carbons (Fsp3) is 0.333. The number of H-pyrrole nitrogens is 1. The van der Waals surface area contributed by atoms with Gasteiger partial charge in [0.15, 0.2) is 9.84 Å². The smallest absolute Gasteiger partial charge is 0.232 e. The Morgan fingerprint density at radius 1 is 1.10 bits per heavy atom. The number of fused-ring (bicyclic) bond motifs is 1. The summed E-state index contributed by atoms with van der Waals surface area (Å²) in [6, 6.07) is 11.9. The van der Waals surface area contributed by atoms with Crippen molar-refractivity contribution in [2.75, 3.05) is 29.8 Å². The van der Waals surface area contributed by atoms with E-state index in [-0.39, 0.29) is 10.6 Å². The SMILES string of the molecule is CCS(=O)(=O)Nc1cccc([C@@H](O)CNCCc2c[nH]c3c(S(C)(=O)=O)cccc23)c1.